The summed E-state index contributed by atoms with van der Waals surface area (Å²) >= 11 is 0. The van der Waals surface area contributed by atoms with Gasteiger partial charge < -0.3 is 19.1 Å². The molecule has 1 aromatic carbocycles. The number of ether oxygens (including phenoxy) is 1. The number of likely N-dealkylation sites (tertiary alicyclic amines) is 2. The Morgan fingerprint density at radius 1 is 0.971 bits per heavy atom. The van der Waals surface area contributed by atoms with Gasteiger partial charge in [0.2, 0.25) is 5.91 Å². The smallest absolute Gasteiger partial charge is 0.310 e. The van der Waals surface area contributed by atoms with Gasteiger partial charge in [0.15, 0.2) is 11.5 Å². The zero-order chi connectivity index (χ0) is 25.1. The first-order valence-corrected chi connectivity index (χ1v) is 12.6. The van der Waals surface area contributed by atoms with Gasteiger partial charge in [-0.1, -0.05) is 22.9 Å². The lowest BCUT2D eigenvalue weighted by molar-refractivity contribution is -0.152. The molecule has 2 saturated heterocycles. The van der Waals surface area contributed by atoms with E-state index in [1.54, 1.807) is 22.8 Å². The summed E-state index contributed by atoms with van der Waals surface area (Å²) in [4.78, 5) is 42.2. The number of carbonyl (C=O) groups is 3. The second-order valence-corrected chi connectivity index (χ2v) is 9.82. The number of carbonyl (C=O) groups excluding carboxylic acids is 3. The van der Waals surface area contributed by atoms with Gasteiger partial charge in [-0.2, -0.15) is 0 Å². The van der Waals surface area contributed by atoms with E-state index in [0.29, 0.717) is 38.5 Å². The van der Waals surface area contributed by atoms with E-state index in [-0.39, 0.29) is 35.3 Å². The molecule has 2 fully saturated rings. The molecule has 2 aliphatic rings. The summed E-state index contributed by atoms with van der Waals surface area (Å²) in [5, 5.41) is 4.07. The van der Waals surface area contributed by atoms with Gasteiger partial charge in [-0.25, -0.2) is 0 Å². The minimum absolute atomic E-state index is 0.0169. The molecule has 0 saturated carbocycles. The van der Waals surface area contributed by atoms with Crippen LogP contribution in [0.15, 0.2) is 22.7 Å². The fourth-order valence-corrected chi connectivity index (χ4v) is 5.48. The number of hydrogen-bond acceptors (Lipinski definition) is 6. The Bertz CT molecular complexity index is 1080. The minimum atomic E-state index is -0.276. The zero-order valence-electron chi connectivity index (χ0n) is 21.1. The van der Waals surface area contributed by atoms with Crippen LogP contribution in [0.2, 0.25) is 0 Å². The lowest BCUT2D eigenvalue weighted by Crippen LogP contribution is -2.50. The Morgan fingerprint density at radius 2 is 1.60 bits per heavy atom. The lowest BCUT2D eigenvalue weighted by atomic mass is 9.93. The molecule has 4 rings (SSSR count). The predicted octanol–water partition coefficient (Wildman–Crippen LogP) is 3.92. The molecule has 0 unspecified atom stereocenters. The standard InChI is InChI=1S/C27H35N3O5/c1-5-34-27(33)21-9-7-10-29(16-21)25(31)20-8-6-11-30(15-20)26(32)22-14-23(35-28-22)24-18(3)12-17(2)13-19(24)4/h12-14,20-21H,5-11,15-16H2,1-4H3/t20-,21-/m0/s1. The van der Waals surface area contributed by atoms with E-state index in [0.717, 1.165) is 42.4 Å². The van der Waals surface area contributed by atoms with Gasteiger partial charge in [0.25, 0.3) is 5.91 Å². The van der Waals surface area contributed by atoms with Gasteiger partial charge in [-0.05, 0) is 64.5 Å². The first-order chi connectivity index (χ1) is 16.8. The fraction of sp³-hybridized carbons (Fsp3) is 0.556. The summed E-state index contributed by atoms with van der Waals surface area (Å²) in [7, 11) is 0. The third kappa shape index (κ3) is 5.41. The van der Waals surface area contributed by atoms with Crippen LogP contribution in [0.1, 0.15) is 59.8 Å². The molecular weight excluding hydrogens is 446 g/mol. The Labute approximate surface area is 206 Å². The summed E-state index contributed by atoms with van der Waals surface area (Å²) in [6.07, 6.45) is 3.00. The topological polar surface area (TPSA) is 93.0 Å². The Hall–Kier alpha value is -3.16. The van der Waals surface area contributed by atoms with E-state index >= 15 is 0 Å². The van der Waals surface area contributed by atoms with Crippen LogP contribution < -0.4 is 0 Å². The van der Waals surface area contributed by atoms with Crippen LogP contribution in [0, 0.1) is 32.6 Å². The van der Waals surface area contributed by atoms with Gasteiger partial charge in [0, 0.05) is 37.8 Å². The maximum absolute atomic E-state index is 13.3. The normalized spacial score (nSPS) is 20.6. The van der Waals surface area contributed by atoms with Gasteiger partial charge >= 0.3 is 5.97 Å². The highest BCUT2D eigenvalue weighted by molar-refractivity contribution is 5.94. The highest BCUT2D eigenvalue weighted by Gasteiger charge is 2.36. The van der Waals surface area contributed by atoms with Crippen LogP contribution in [0.4, 0.5) is 0 Å². The molecule has 1 aromatic heterocycles. The van der Waals surface area contributed by atoms with E-state index in [9.17, 15) is 14.4 Å². The number of benzene rings is 1. The van der Waals surface area contributed by atoms with Crippen LogP contribution in [0.5, 0.6) is 0 Å². The zero-order valence-corrected chi connectivity index (χ0v) is 21.1. The van der Waals surface area contributed by atoms with Gasteiger partial charge in [-0.15, -0.1) is 0 Å². The van der Waals surface area contributed by atoms with Crippen molar-refractivity contribution < 1.29 is 23.6 Å². The lowest BCUT2D eigenvalue weighted by Gasteiger charge is -2.37. The average Bonchev–Trinajstić information content (AvgIpc) is 3.32. The number of nitrogens with zero attached hydrogens (tertiary/aromatic N) is 3. The number of amides is 2. The van der Waals surface area contributed by atoms with Crippen molar-refractivity contribution in [3.8, 4) is 11.3 Å². The average molecular weight is 482 g/mol. The van der Waals surface area contributed by atoms with Gasteiger partial charge in [-0.3, -0.25) is 14.4 Å². The van der Waals surface area contributed by atoms with Crippen molar-refractivity contribution in [2.75, 3.05) is 32.8 Å². The molecule has 0 radical (unpaired) electrons. The third-order valence-electron chi connectivity index (χ3n) is 7.06. The highest BCUT2D eigenvalue weighted by atomic mass is 16.5. The summed E-state index contributed by atoms with van der Waals surface area (Å²) in [5.41, 5.74) is 4.53. The molecule has 8 nitrogen and oxygen atoms in total. The molecule has 188 valence electrons. The number of hydrogen-bond donors (Lipinski definition) is 0. The molecule has 8 heteroatoms. The van der Waals surface area contributed by atoms with Crippen molar-refractivity contribution in [3.05, 3.63) is 40.6 Å². The Kier molecular flexibility index (Phi) is 7.57. The molecule has 2 atom stereocenters. The molecule has 0 N–H and O–H groups in total. The second kappa shape index (κ2) is 10.6. The summed E-state index contributed by atoms with van der Waals surface area (Å²) in [6.45, 7) is 10.2. The first-order valence-electron chi connectivity index (χ1n) is 12.6. The molecule has 0 aliphatic carbocycles. The fourth-order valence-electron chi connectivity index (χ4n) is 5.48. The first kappa shape index (κ1) is 24.9. The summed E-state index contributed by atoms with van der Waals surface area (Å²) < 4.78 is 10.7. The molecule has 3 heterocycles. The van der Waals surface area contributed by atoms with E-state index < -0.39 is 0 Å². The maximum atomic E-state index is 13.3. The second-order valence-electron chi connectivity index (χ2n) is 9.82. The maximum Gasteiger partial charge on any atom is 0.310 e. The summed E-state index contributed by atoms with van der Waals surface area (Å²) in [6, 6.07) is 5.87. The van der Waals surface area contributed by atoms with E-state index in [2.05, 4.69) is 17.3 Å². The van der Waals surface area contributed by atoms with Crippen molar-refractivity contribution >= 4 is 17.8 Å². The SMILES string of the molecule is CCOC(=O)[C@H]1CCCN(C(=O)[C@H]2CCCN(C(=O)c3cc(-c4c(C)cc(C)cc4C)on3)C2)C1. The number of piperidine rings is 2. The molecule has 35 heavy (non-hydrogen) atoms. The van der Waals surface area contributed by atoms with E-state index in [1.165, 1.54) is 5.56 Å². The van der Waals surface area contributed by atoms with Crippen LogP contribution in [0.3, 0.4) is 0 Å². The molecule has 2 aliphatic heterocycles. The van der Waals surface area contributed by atoms with E-state index in [1.807, 2.05) is 20.8 Å². The molecule has 0 bridgehead atoms. The van der Waals surface area contributed by atoms with Crippen LogP contribution in [-0.4, -0.2) is 65.5 Å². The van der Waals surface area contributed by atoms with Crippen LogP contribution >= 0.6 is 0 Å². The highest BCUT2D eigenvalue weighted by Crippen LogP contribution is 2.30. The number of aryl methyl sites for hydroxylation is 3. The Balaban J connectivity index is 1.43. The summed E-state index contributed by atoms with van der Waals surface area (Å²) in [5.74, 6) is -0.401. The number of esters is 1. The van der Waals surface area contributed by atoms with Crippen molar-refractivity contribution in [1.82, 2.24) is 15.0 Å². The third-order valence-corrected chi connectivity index (χ3v) is 7.06. The van der Waals surface area contributed by atoms with Gasteiger partial charge in [0.05, 0.1) is 18.4 Å². The van der Waals surface area contributed by atoms with Crippen molar-refractivity contribution in [1.29, 1.82) is 0 Å². The largest absolute Gasteiger partial charge is 0.466 e. The van der Waals surface area contributed by atoms with Gasteiger partial charge in [0.1, 0.15) is 0 Å². The van der Waals surface area contributed by atoms with E-state index in [4.69, 9.17) is 9.26 Å². The monoisotopic (exact) mass is 481 g/mol. The van der Waals surface area contributed by atoms with Crippen LogP contribution in [0.25, 0.3) is 11.3 Å². The quantitative estimate of drug-likeness (QED) is 0.601. The molecular formula is C27H35N3O5. The van der Waals surface area contributed by atoms with Crippen molar-refractivity contribution in [2.24, 2.45) is 11.8 Å². The molecule has 0 spiro atoms. The number of aromatic nitrogens is 1. The minimum Gasteiger partial charge on any atom is -0.466 e. The molecule has 2 aromatic rings. The van der Waals surface area contributed by atoms with Crippen molar-refractivity contribution in [3.63, 3.8) is 0 Å². The van der Waals surface area contributed by atoms with Crippen molar-refractivity contribution in [2.45, 2.75) is 53.4 Å². The Morgan fingerprint density at radius 3 is 2.29 bits per heavy atom. The number of rotatable bonds is 5. The van der Waals surface area contributed by atoms with Crippen LogP contribution in [-0.2, 0) is 14.3 Å². The predicted molar refractivity (Wildman–Crippen MR) is 131 cm³/mol. The molecule has 2 amide bonds.